The van der Waals surface area contributed by atoms with Crippen LogP contribution in [0.2, 0.25) is 0 Å². The van der Waals surface area contributed by atoms with E-state index < -0.39 is 0 Å². The molecular weight excluding hydrogens is 192 g/mol. The summed E-state index contributed by atoms with van der Waals surface area (Å²) in [5, 5.41) is 7.37. The molecule has 0 radical (unpaired) electrons. The van der Waals surface area contributed by atoms with Crippen molar-refractivity contribution in [1.82, 2.24) is 20.1 Å². The van der Waals surface area contributed by atoms with Gasteiger partial charge < -0.3 is 10.1 Å². The lowest BCUT2D eigenvalue weighted by Gasteiger charge is -2.20. The first-order valence-corrected chi connectivity index (χ1v) is 5.36. The lowest BCUT2D eigenvalue weighted by molar-refractivity contribution is 0.136. The summed E-state index contributed by atoms with van der Waals surface area (Å²) < 4.78 is 7.33. The molecule has 5 heteroatoms. The molecule has 86 valence electrons. The summed E-state index contributed by atoms with van der Waals surface area (Å²) >= 11 is 0. The number of aromatic nitrogens is 3. The molecule has 0 fully saturated rings. The summed E-state index contributed by atoms with van der Waals surface area (Å²) in [5.74, 6) is 0.438. The molecule has 0 aromatic carbocycles. The minimum absolute atomic E-state index is 0.118. The van der Waals surface area contributed by atoms with Crippen molar-refractivity contribution in [2.24, 2.45) is 13.0 Å². The maximum atomic E-state index is 5.69. The minimum atomic E-state index is 0.118. The largest absolute Gasteiger partial charge is 0.457 e. The van der Waals surface area contributed by atoms with Crippen LogP contribution < -0.4 is 10.1 Å². The van der Waals surface area contributed by atoms with E-state index in [2.05, 4.69) is 36.2 Å². The third-order valence-electron chi connectivity index (χ3n) is 2.17. The lowest BCUT2D eigenvalue weighted by atomic mass is 10.1. The molecule has 0 saturated heterocycles. The van der Waals surface area contributed by atoms with Crippen LogP contribution in [-0.2, 0) is 7.05 Å². The Bertz CT molecular complexity index is 285. The number of aryl methyl sites for hydroxylation is 1. The SMILES string of the molecule is CCNCC(Oc1ncn(C)n1)C(C)C. The molecule has 0 saturated carbocycles. The van der Waals surface area contributed by atoms with E-state index >= 15 is 0 Å². The fourth-order valence-electron chi connectivity index (χ4n) is 1.21. The molecule has 1 aromatic heterocycles. The van der Waals surface area contributed by atoms with Crippen molar-refractivity contribution in [1.29, 1.82) is 0 Å². The summed E-state index contributed by atoms with van der Waals surface area (Å²) in [5.41, 5.74) is 0. The first-order valence-electron chi connectivity index (χ1n) is 5.36. The van der Waals surface area contributed by atoms with Crippen molar-refractivity contribution in [2.45, 2.75) is 26.9 Å². The second-order valence-electron chi connectivity index (χ2n) is 3.91. The first-order chi connectivity index (χ1) is 7.13. The number of likely N-dealkylation sites (N-methyl/N-ethyl adjacent to an activating group) is 1. The monoisotopic (exact) mass is 212 g/mol. The smallest absolute Gasteiger partial charge is 0.335 e. The van der Waals surface area contributed by atoms with Crippen molar-refractivity contribution in [2.75, 3.05) is 13.1 Å². The van der Waals surface area contributed by atoms with Crippen molar-refractivity contribution in [3.05, 3.63) is 6.33 Å². The third-order valence-corrected chi connectivity index (χ3v) is 2.17. The zero-order chi connectivity index (χ0) is 11.3. The second kappa shape index (κ2) is 5.70. The Morgan fingerprint density at radius 2 is 2.27 bits per heavy atom. The van der Waals surface area contributed by atoms with Crippen LogP contribution in [0.5, 0.6) is 6.01 Å². The van der Waals surface area contributed by atoms with Gasteiger partial charge in [-0.25, -0.2) is 0 Å². The molecule has 1 heterocycles. The van der Waals surface area contributed by atoms with Crippen LogP contribution in [0.25, 0.3) is 0 Å². The van der Waals surface area contributed by atoms with E-state index in [9.17, 15) is 0 Å². The highest BCUT2D eigenvalue weighted by atomic mass is 16.5. The van der Waals surface area contributed by atoms with E-state index in [1.807, 2.05) is 7.05 Å². The van der Waals surface area contributed by atoms with Gasteiger partial charge >= 0.3 is 6.01 Å². The van der Waals surface area contributed by atoms with E-state index in [0.29, 0.717) is 11.9 Å². The fraction of sp³-hybridized carbons (Fsp3) is 0.800. The van der Waals surface area contributed by atoms with Crippen LogP contribution >= 0.6 is 0 Å². The van der Waals surface area contributed by atoms with Gasteiger partial charge in [-0.2, -0.15) is 4.98 Å². The molecule has 5 nitrogen and oxygen atoms in total. The highest BCUT2D eigenvalue weighted by molar-refractivity contribution is 4.89. The fourth-order valence-corrected chi connectivity index (χ4v) is 1.21. The Morgan fingerprint density at radius 1 is 1.53 bits per heavy atom. The maximum absolute atomic E-state index is 5.69. The predicted molar refractivity (Wildman–Crippen MR) is 58.8 cm³/mol. The van der Waals surface area contributed by atoms with Crippen molar-refractivity contribution < 1.29 is 4.74 Å². The van der Waals surface area contributed by atoms with Crippen LogP contribution in [-0.4, -0.2) is 34.0 Å². The number of rotatable bonds is 6. The molecule has 0 aliphatic heterocycles. The van der Waals surface area contributed by atoms with Gasteiger partial charge in [-0.15, -0.1) is 5.10 Å². The number of hydrogen-bond acceptors (Lipinski definition) is 4. The van der Waals surface area contributed by atoms with Gasteiger partial charge in [0.05, 0.1) is 0 Å². The molecule has 0 spiro atoms. The first kappa shape index (κ1) is 12.0. The molecule has 1 atom stereocenters. The summed E-state index contributed by atoms with van der Waals surface area (Å²) in [7, 11) is 1.83. The lowest BCUT2D eigenvalue weighted by Crippen LogP contribution is -2.35. The number of nitrogens with one attached hydrogen (secondary N) is 1. The van der Waals surface area contributed by atoms with Crippen molar-refractivity contribution >= 4 is 0 Å². The second-order valence-corrected chi connectivity index (χ2v) is 3.91. The standard InChI is InChI=1S/C10H20N4O/c1-5-11-6-9(8(2)3)15-10-12-7-14(4)13-10/h7-9,11H,5-6H2,1-4H3. The van der Waals surface area contributed by atoms with Gasteiger partial charge in [-0.05, 0) is 12.5 Å². The van der Waals surface area contributed by atoms with Gasteiger partial charge in [0.1, 0.15) is 12.4 Å². The van der Waals surface area contributed by atoms with E-state index in [-0.39, 0.29) is 6.10 Å². The number of ether oxygens (including phenoxy) is 1. The average molecular weight is 212 g/mol. The van der Waals surface area contributed by atoms with Crippen LogP contribution in [0.15, 0.2) is 6.33 Å². The van der Waals surface area contributed by atoms with Gasteiger partial charge in [0.15, 0.2) is 0 Å². The van der Waals surface area contributed by atoms with Gasteiger partial charge in [0, 0.05) is 13.6 Å². The Kier molecular flexibility index (Phi) is 4.55. The van der Waals surface area contributed by atoms with Gasteiger partial charge in [0.2, 0.25) is 0 Å². The highest BCUT2D eigenvalue weighted by Gasteiger charge is 2.16. The maximum Gasteiger partial charge on any atom is 0.335 e. The molecule has 1 N–H and O–H groups in total. The van der Waals surface area contributed by atoms with Gasteiger partial charge in [0.25, 0.3) is 0 Å². The summed E-state index contributed by atoms with van der Waals surface area (Å²) in [6, 6.07) is 0.453. The molecule has 1 unspecified atom stereocenters. The van der Waals surface area contributed by atoms with Crippen LogP contribution in [0, 0.1) is 5.92 Å². The number of hydrogen-bond donors (Lipinski definition) is 1. The van der Waals surface area contributed by atoms with E-state index in [1.54, 1.807) is 11.0 Å². The van der Waals surface area contributed by atoms with Crippen LogP contribution in [0.1, 0.15) is 20.8 Å². The zero-order valence-corrected chi connectivity index (χ0v) is 9.90. The quantitative estimate of drug-likeness (QED) is 0.759. The van der Waals surface area contributed by atoms with Crippen LogP contribution in [0.3, 0.4) is 0 Å². The van der Waals surface area contributed by atoms with Gasteiger partial charge in [-0.3, -0.25) is 4.68 Å². The Labute approximate surface area is 90.8 Å². The highest BCUT2D eigenvalue weighted by Crippen LogP contribution is 2.09. The topological polar surface area (TPSA) is 52.0 Å². The molecule has 0 aliphatic rings. The van der Waals surface area contributed by atoms with Crippen molar-refractivity contribution in [3.63, 3.8) is 0 Å². The molecule has 15 heavy (non-hydrogen) atoms. The van der Waals surface area contributed by atoms with Crippen LogP contribution in [0.4, 0.5) is 0 Å². The molecule has 1 aromatic rings. The predicted octanol–water partition coefficient (Wildman–Crippen LogP) is 0.828. The van der Waals surface area contributed by atoms with E-state index in [4.69, 9.17) is 4.74 Å². The van der Waals surface area contributed by atoms with E-state index in [0.717, 1.165) is 13.1 Å². The van der Waals surface area contributed by atoms with Crippen molar-refractivity contribution in [3.8, 4) is 6.01 Å². The zero-order valence-electron chi connectivity index (χ0n) is 9.90. The molecule has 0 amide bonds. The Morgan fingerprint density at radius 3 is 2.73 bits per heavy atom. The molecule has 1 rings (SSSR count). The average Bonchev–Trinajstić information content (AvgIpc) is 2.58. The summed E-state index contributed by atoms with van der Waals surface area (Å²) in [6.45, 7) is 8.11. The normalized spacial score (nSPS) is 13.1. The Balaban J connectivity index is 2.50. The minimum Gasteiger partial charge on any atom is -0.457 e. The Hall–Kier alpha value is -1.10. The molecule has 0 aliphatic carbocycles. The number of nitrogens with zero attached hydrogens (tertiary/aromatic N) is 3. The summed E-state index contributed by atoms with van der Waals surface area (Å²) in [6.07, 6.45) is 1.76. The third kappa shape index (κ3) is 3.87. The van der Waals surface area contributed by atoms with E-state index in [1.165, 1.54) is 0 Å². The molecule has 0 bridgehead atoms. The summed E-state index contributed by atoms with van der Waals surface area (Å²) in [4.78, 5) is 4.05. The molecular formula is C10H20N4O. The van der Waals surface area contributed by atoms with Gasteiger partial charge in [-0.1, -0.05) is 20.8 Å².